The number of carboxylic acids is 1. The van der Waals surface area contributed by atoms with Crippen molar-refractivity contribution in [3.05, 3.63) is 36.5 Å². The molecule has 0 aromatic heterocycles. The Labute approximate surface area is 60.2 Å². The van der Waals surface area contributed by atoms with Gasteiger partial charge in [0.05, 0.1) is 0 Å². The Bertz CT molecular complexity index is 176. The van der Waals surface area contributed by atoms with E-state index in [1.165, 1.54) is 6.08 Å². The summed E-state index contributed by atoms with van der Waals surface area (Å²) in [6, 6.07) is 0. The van der Waals surface area contributed by atoms with Crippen LogP contribution in [0.25, 0.3) is 0 Å². The lowest BCUT2D eigenvalue weighted by Gasteiger charge is -1.73. The summed E-state index contributed by atoms with van der Waals surface area (Å²) in [5, 5.41) is 8.13. The first-order chi connectivity index (χ1) is 4.77. The molecule has 0 aromatic rings. The van der Waals surface area contributed by atoms with Crippen molar-refractivity contribution in [1.29, 1.82) is 0 Å². The summed E-state index contributed by atoms with van der Waals surface area (Å²) < 4.78 is 0. The summed E-state index contributed by atoms with van der Waals surface area (Å²) in [7, 11) is 0. The Morgan fingerprint density at radius 2 is 1.80 bits per heavy atom. The molecule has 1 N–H and O–H groups in total. The minimum atomic E-state index is -0.926. The Morgan fingerprint density at radius 3 is 2.30 bits per heavy atom. The quantitative estimate of drug-likeness (QED) is 0.476. The van der Waals surface area contributed by atoms with Gasteiger partial charge in [0.15, 0.2) is 0 Å². The van der Waals surface area contributed by atoms with Crippen molar-refractivity contribution in [1.82, 2.24) is 0 Å². The van der Waals surface area contributed by atoms with Crippen LogP contribution in [-0.2, 0) is 4.79 Å². The Kier molecular flexibility index (Phi) is 5.06. The zero-order chi connectivity index (χ0) is 7.82. The molecular formula is C8H10O2. The monoisotopic (exact) mass is 138 g/mol. The number of allylic oxidation sites excluding steroid dienone is 5. The molecule has 0 fully saturated rings. The Balaban J connectivity index is 3.62. The van der Waals surface area contributed by atoms with E-state index in [1.54, 1.807) is 12.2 Å². The van der Waals surface area contributed by atoms with Gasteiger partial charge in [-0.3, -0.25) is 0 Å². The molecule has 54 valence electrons. The molecule has 0 heterocycles. The lowest BCUT2D eigenvalue weighted by Crippen LogP contribution is -1.84. The maximum Gasteiger partial charge on any atom is 0.328 e. The zero-order valence-corrected chi connectivity index (χ0v) is 5.82. The lowest BCUT2D eigenvalue weighted by molar-refractivity contribution is -0.131. The molecule has 0 aromatic carbocycles. The first-order valence-corrected chi connectivity index (χ1v) is 2.96. The number of aliphatic carboxylic acids is 1. The van der Waals surface area contributed by atoms with Gasteiger partial charge in [0, 0.05) is 6.08 Å². The van der Waals surface area contributed by atoms with Gasteiger partial charge in [-0.15, -0.1) is 0 Å². The molecule has 2 nitrogen and oxygen atoms in total. The maximum atomic E-state index is 9.89. The van der Waals surface area contributed by atoms with E-state index in [-0.39, 0.29) is 0 Å². The third kappa shape index (κ3) is 6.69. The number of hydrogen-bond donors (Lipinski definition) is 1. The highest BCUT2D eigenvalue weighted by atomic mass is 16.4. The molecule has 0 saturated carbocycles. The van der Waals surface area contributed by atoms with Crippen LogP contribution >= 0.6 is 0 Å². The molecule has 0 saturated heterocycles. The van der Waals surface area contributed by atoms with Crippen molar-refractivity contribution in [3.63, 3.8) is 0 Å². The van der Waals surface area contributed by atoms with E-state index in [2.05, 4.69) is 0 Å². The van der Waals surface area contributed by atoms with E-state index in [1.807, 2.05) is 19.1 Å². The smallest absolute Gasteiger partial charge is 0.328 e. The molecule has 0 unspecified atom stereocenters. The van der Waals surface area contributed by atoms with Crippen molar-refractivity contribution < 1.29 is 9.90 Å². The SMILES string of the molecule is C/C=C/C=C/C=C\C(=O)O. The summed E-state index contributed by atoms with van der Waals surface area (Å²) in [4.78, 5) is 9.89. The molecule has 0 aliphatic carbocycles. The fourth-order valence-electron chi connectivity index (χ4n) is 0.377. The Morgan fingerprint density at radius 1 is 1.20 bits per heavy atom. The zero-order valence-electron chi connectivity index (χ0n) is 5.82. The predicted molar refractivity (Wildman–Crippen MR) is 40.7 cm³/mol. The minimum absolute atomic E-state index is 0.926. The Hall–Kier alpha value is -1.31. The molecule has 0 aliphatic heterocycles. The molecule has 0 atom stereocenters. The van der Waals surface area contributed by atoms with E-state index in [9.17, 15) is 4.79 Å². The highest BCUT2D eigenvalue weighted by molar-refractivity contribution is 5.80. The fraction of sp³-hybridized carbons (Fsp3) is 0.125. The van der Waals surface area contributed by atoms with Gasteiger partial charge < -0.3 is 5.11 Å². The average molecular weight is 138 g/mol. The average Bonchev–Trinajstić information content (AvgIpc) is 1.87. The highest BCUT2D eigenvalue weighted by Crippen LogP contribution is 1.79. The van der Waals surface area contributed by atoms with E-state index in [0.29, 0.717) is 0 Å². The summed E-state index contributed by atoms with van der Waals surface area (Å²) in [5.41, 5.74) is 0. The van der Waals surface area contributed by atoms with Gasteiger partial charge in [-0.1, -0.05) is 30.4 Å². The molecule has 10 heavy (non-hydrogen) atoms. The number of hydrogen-bond acceptors (Lipinski definition) is 1. The van der Waals surface area contributed by atoms with Gasteiger partial charge in [-0.05, 0) is 6.92 Å². The van der Waals surface area contributed by atoms with Crippen LogP contribution in [0, 0.1) is 0 Å². The van der Waals surface area contributed by atoms with Crippen LogP contribution in [-0.4, -0.2) is 11.1 Å². The third-order valence-corrected chi connectivity index (χ3v) is 0.765. The topological polar surface area (TPSA) is 37.3 Å². The van der Waals surface area contributed by atoms with Crippen LogP contribution in [0.2, 0.25) is 0 Å². The number of carbonyl (C=O) groups is 1. The molecule has 0 radical (unpaired) electrons. The minimum Gasteiger partial charge on any atom is -0.478 e. The van der Waals surface area contributed by atoms with Crippen molar-refractivity contribution in [2.24, 2.45) is 0 Å². The van der Waals surface area contributed by atoms with E-state index < -0.39 is 5.97 Å². The molecular weight excluding hydrogens is 128 g/mol. The van der Waals surface area contributed by atoms with Crippen LogP contribution in [0.4, 0.5) is 0 Å². The molecule has 0 bridgehead atoms. The van der Waals surface area contributed by atoms with Gasteiger partial charge in [-0.2, -0.15) is 0 Å². The second-order valence-corrected chi connectivity index (χ2v) is 1.61. The van der Waals surface area contributed by atoms with Gasteiger partial charge in [0.2, 0.25) is 0 Å². The van der Waals surface area contributed by atoms with Crippen molar-refractivity contribution in [2.45, 2.75) is 6.92 Å². The molecule has 0 amide bonds. The standard InChI is InChI=1S/C8H10O2/c1-2-3-4-5-6-7-8(9)10/h2-7H,1H3,(H,9,10)/b3-2+,5-4+,7-6-. The van der Waals surface area contributed by atoms with Crippen molar-refractivity contribution in [3.8, 4) is 0 Å². The molecule has 0 spiro atoms. The van der Waals surface area contributed by atoms with E-state index >= 15 is 0 Å². The van der Waals surface area contributed by atoms with Gasteiger partial charge in [0.25, 0.3) is 0 Å². The second-order valence-electron chi connectivity index (χ2n) is 1.61. The first-order valence-electron chi connectivity index (χ1n) is 2.96. The number of carboxylic acid groups (broad SMARTS) is 1. The molecule has 2 heteroatoms. The van der Waals surface area contributed by atoms with Gasteiger partial charge in [-0.25, -0.2) is 4.79 Å². The lowest BCUT2D eigenvalue weighted by atomic mass is 10.4. The predicted octanol–water partition coefficient (Wildman–Crippen LogP) is 1.76. The summed E-state index contributed by atoms with van der Waals surface area (Å²) >= 11 is 0. The van der Waals surface area contributed by atoms with Crippen molar-refractivity contribution in [2.75, 3.05) is 0 Å². The van der Waals surface area contributed by atoms with Crippen LogP contribution in [0.3, 0.4) is 0 Å². The van der Waals surface area contributed by atoms with Crippen LogP contribution in [0.15, 0.2) is 36.5 Å². The third-order valence-electron chi connectivity index (χ3n) is 0.765. The largest absolute Gasteiger partial charge is 0.478 e. The fourth-order valence-corrected chi connectivity index (χ4v) is 0.377. The van der Waals surface area contributed by atoms with Crippen molar-refractivity contribution >= 4 is 5.97 Å². The van der Waals surface area contributed by atoms with Crippen LogP contribution in [0.5, 0.6) is 0 Å². The van der Waals surface area contributed by atoms with Gasteiger partial charge in [0.1, 0.15) is 0 Å². The van der Waals surface area contributed by atoms with Crippen LogP contribution in [0.1, 0.15) is 6.92 Å². The maximum absolute atomic E-state index is 9.89. The van der Waals surface area contributed by atoms with E-state index in [0.717, 1.165) is 6.08 Å². The van der Waals surface area contributed by atoms with Crippen LogP contribution < -0.4 is 0 Å². The second kappa shape index (κ2) is 5.82. The molecule has 0 aliphatic rings. The molecule has 0 rings (SSSR count). The van der Waals surface area contributed by atoms with E-state index in [4.69, 9.17) is 5.11 Å². The van der Waals surface area contributed by atoms with Gasteiger partial charge >= 0.3 is 5.97 Å². The number of rotatable bonds is 3. The summed E-state index contributed by atoms with van der Waals surface area (Å²) in [5.74, 6) is -0.926. The highest BCUT2D eigenvalue weighted by Gasteiger charge is 1.78. The summed E-state index contributed by atoms with van der Waals surface area (Å²) in [6.45, 7) is 1.89. The normalized spacial score (nSPS) is 12.1. The first kappa shape index (κ1) is 8.69. The summed E-state index contributed by atoms with van der Waals surface area (Å²) in [6.07, 6.45) is 9.67.